The van der Waals surface area contributed by atoms with E-state index in [1.54, 1.807) is 31.2 Å². The molecule has 2 aromatic rings. The molecule has 0 N–H and O–H groups in total. The van der Waals surface area contributed by atoms with Gasteiger partial charge in [0, 0.05) is 17.0 Å². The Morgan fingerprint density at radius 3 is 2.25 bits per heavy atom. The number of benzene rings is 2. The molecule has 0 saturated carbocycles. The molecule has 102 valence electrons. The second-order valence-corrected chi connectivity index (χ2v) is 5.44. The van der Waals surface area contributed by atoms with Crippen molar-refractivity contribution < 1.29 is 9.59 Å². The number of hydrogen-bond acceptors (Lipinski definition) is 2. The minimum absolute atomic E-state index is 0.0693. The quantitative estimate of drug-likeness (QED) is 0.613. The van der Waals surface area contributed by atoms with Crippen molar-refractivity contribution in [2.24, 2.45) is 0 Å². The van der Waals surface area contributed by atoms with Gasteiger partial charge in [0.1, 0.15) is 6.29 Å². The van der Waals surface area contributed by atoms with E-state index in [1.807, 2.05) is 30.3 Å². The van der Waals surface area contributed by atoms with Gasteiger partial charge in [-0.05, 0) is 36.8 Å². The van der Waals surface area contributed by atoms with Crippen LogP contribution in [0.2, 0.25) is 5.02 Å². The minimum Gasteiger partial charge on any atom is -0.302 e. The van der Waals surface area contributed by atoms with Crippen LogP contribution in [0, 0.1) is 0 Å². The van der Waals surface area contributed by atoms with Crippen LogP contribution in [0.4, 0.5) is 0 Å². The predicted molar refractivity (Wildman–Crippen MR) is 80.3 cm³/mol. The number of ketones is 1. The van der Waals surface area contributed by atoms with Crippen molar-refractivity contribution in [2.45, 2.75) is 18.8 Å². The predicted octanol–water partition coefficient (Wildman–Crippen LogP) is 4.07. The van der Waals surface area contributed by atoms with Crippen molar-refractivity contribution in [3.63, 3.8) is 0 Å². The standard InChI is InChI=1S/C17H15ClO2/c1-17(12-19,14-5-3-2-4-6-14)11-16(20)13-7-9-15(18)10-8-13/h2-10,12H,11H2,1H3. The van der Waals surface area contributed by atoms with Crippen LogP contribution < -0.4 is 0 Å². The molecule has 0 saturated heterocycles. The number of carbonyl (C=O) groups excluding carboxylic acids is 2. The van der Waals surface area contributed by atoms with Crippen LogP contribution in [0.25, 0.3) is 0 Å². The maximum atomic E-state index is 12.3. The van der Waals surface area contributed by atoms with E-state index in [0.29, 0.717) is 10.6 Å². The van der Waals surface area contributed by atoms with E-state index in [2.05, 4.69) is 0 Å². The Morgan fingerprint density at radius 2 is 1.70 bits per heavy atom. The smallest absolute Gasteiger partial charge is 0.164 e. The molecule has 0 heterocycles. The van der Waals surface area contributed by atoms with E-state index in [0.717, 1.165) is 11.8 Å². The maximum Gasteiger partial charge on any atom is 0.164 e. The summed E-state index contributed by atoms with van der Waals surface area (Å²) in [4.78, 5) is 23.8. The van der Waals surface area contributed by atoms with Crippen LogP contribution in [0.1, 0.15) is 29.3 Å². The Kier molecular flexibility index (Phi) is 4.35. The summed E-state index contributed by atoms with van der Waals surface area (Å²) >= 11 is 5.81. The Balaban J connectivity index is 2.24. The molecule has 1 unspecified atom stereocenters. The number of aldehydes is 1. The summed E-state index contributed by atoms with van der Waals surface area (Å²) in [5, 5.41) is 0.586. The van der Waals surface area contributed by atoms with Crippen LogP contribution in [0.5, 0.6) is 0 Å². The lowest BCUT2D eigenvalue weighted by Gasteiger charge is -2.22. The topological polar surface area (TPSA) is 34.1 Å². The lowest BCUT2D eigenvalue weighted by molar-refractivity contribution is -0.112. The first-order chi connectivity index (χ1) is 9.55. The monoisotopic (exact) mass is 286 g/mol. The molecule has 0 aliphatic carbocycles. The zero-order chi connectivity index (χ0) is 14.6. The highest BCUT2D eigenvalue weighted by atomic mass is 35.5. The van der Waals surface area contributed by atoms with Gasteiger partial charge in [-0.25, -0.2) is 0 Å². The van der Waals surface area contributed by atoms with Gasteiger partial charge in [0.05, 0.1) is 5.41 Å². The van der Waals surface area contributed by atoms with Gasteiger partial charge in [-0.1, -0.05) is 41.9 Å². The fourth-order valence-corrected chi connectivity index (χ4v) is 2.23. The van der Waals surface area contributed by atoms with Crippen molar-refractivity contribution in [1.82, 2.24) is 0 Å². The molecule has 0 amide bonds. The Morgan fingerprint density at radius 1 is 1.10 bits per heavy atom. The third-order valence-corrected chi connectivity index (χ3v) is 3.64. The first-order valence-electron chi connectivity index (χ1n) is 6.36. The summed E-state index contributed by atoms with van der Waals surface area (Å²) in [7, 11) is 0. The first kappa shape index (κ1) is 14.5. The van der Waals surface area contributed by atoms with Gasteiger partial charge in [-0.3, -0.25) is 4.79 Å². The molecular formula is C17H15ClO2. The normalized spacial score (nSPS) is 13.5. The summed E-state index contributed by atoms with van der Waals surface area (Å²) in [6, 6.07) is 16.1. The van der Waals surface area contributed by atoms with Crippen molar-refractivity contribution >= 4 is 23.7 Å². The Hall–Kier alpha value is -1.93. The van der Waals surface area contributed by atoms with Gasteiger partial charge in [0.25, 0.3) is 0 Å². The number of Topliss-reactive ketones (excluding diaryl/α,β-unsaturated/α-hetero) is 1. The van der Waals surface area contributed by atoms with Crippen LogP contribution >= 0.6 is 11.6 Å². The largest absolute Gasteiger partial charge is 0.302 e. The zero-order valence-corrected chi connectivity index (χ0v) is 11.9. The van der Waals surface area contributed by atoms with Gasteiger partial charge in [-0.15, -0.1) is 0 Å². The fourth-order valence-electron chi connectivity index (χ4n) is 2.10. The lowest BCUT2D eigenvalue weighted by Crippen LogP contribution is -2.27. The van der Waals surface area contributed by atoms with Crippen LogP contribution in [0.15, 0.2) is 54.6 Å². The molecule has 0 aromatic heterocycles. The van der Waals surface area contributed by atoms with Crippen molar-refractivity contribution in [2.75, 3.05) is 0 Å². The second kappa shape index (κ2) is 6.02. The molecule has 0 radical (unpaired) electrons. The first-order valence-corrected chi connectivity index (χ1v) is 6.73. The fraction of sp³-hybridized carbons (Fsp3) is 0.176. The molecule has 2 nitrogen and oxygen atoms in total. The third kappa shape index (κ3) is 3.14. The summed E-state index contributed by atoms with van der Waals surface area (Å²) in [6.07, 6.45) is 0.984. The summed E-state index contributed by atoms with van der Waals surface area (Å²) in [5.41, 5.74) is 0.605. The zero-order valence-electron chi connectivity index (χ0n) is 11.2. The van der Waals surface area contributed by atoms with Gasteiger partial charge in [0.15, 0.2) is 5.78 Å². The van der Waals surface area contributed by atoms with Gasteiger partial charge >= 0.3 is 0 Å². The van der Waals surface area contributed by atoms with Crippen LogP contribution in [-0.4, -0.2) is 12.1 Å². The second-order valence-electron chi connectivity index (χ2n) is 5.01. The van der Waals surface area contributed by atoms with E-state index >= 15 is 0 Å². The van der Waals surface area contributed by atoms with E-state index in [4.69, 9.17) is 11.6 Å². The van der Waals surface area contributed by atoms with Crippen LogP contribution in [0.3, 0.4) is 0 Å². The van der Waals surface area contributed by atoms with E-state index in [-0.39, 0.29) is 12.2 Å². The molecule has 2 rings (SSSR count). The molecular weight excluding hydrogens is 272 g/mol. The van der Waals surface area contributed by atoms with Gasteiger partial charge in [0.2, 0.25) is 0 Å². The SMILES string of the molecule is CC(C=O)(CC(=O)c1ccc(Cl)cc1)c1ccccc1. The molecule has 0 bridgehead atoms. The highest BCUT2D eigenvalue weighted by Gasteiger charge is 2.29. The third-order valence-electron chi connectivity index (χ3n) is 3.39. The average molecular weight is 287 g/mol. The van der Waals surface area contributed by atoms with Crippen molar-refractivity contribution in [1.29, 1.82) is 0 Å². The summed E-state index contributed by atoms with van der Waals surface area (Å²) in [5.74, 6) is -0.0693. The Bertz CT molecular complexity index is 605. The number of carbonyl (C=O) groups is 2. The molecule has 20 heavy (non-hydrogen) atoms. The molecule has 0 aliphatic rings. The lowest BCUT2D eigenvalue weighted by atomic mass is 9.78. The average Bonchev–Trinajstić information content (AvgIpc) is 2.48. The van der Waals surface area contributed by atoms with Gasteiger partial charge < -0.3 is 4.79 Å². The van der Waals surface area contributed by atoms with Crippen molar-refractivity contribution in [3.8, 4) is 0 Å². The number of hydrogen-bond donors (Lipinski definition) is 0. The van der Waals surface area contributed by atoms with Gasteiger partial charge in [-0.2, -0.15) is 0 Å². The van der Waals surface area contributed by atoms with E-state index < -0.39 is 5.41 Å². The number of rotatable bonds is 5. The molecule has 3 heteroatoms. The molecule has 2 aromatic carbocycles. The molecule has 0 fully saturated rings. The summed E-state index contributed by atoms with van der Waals surface area (Å²) < 4.78 is 0. The molecule has 1 atom stereocenters. The maximum absolute atomic E-state index is 12.3. The van der Waals surface area contributed by atoms with Crippen molar-refractivity contribution in [3.05, 3.63) is 70.7 Å². The van der Waals surface area contributed by atoms with E-state index in [1.165, 1.54) is 0 Å². The minimum atomic E-state index is -0.808. The number of halogens is 1. The highest BCUT2D eigenvalue weighted by molar-refractivity contribution is 6.30. The van der Waals surface area contributed by atoms with E-state index in [9.17, 15) is 9.59 Å². The molecule has 0 aliphatic heterocycles. The molecule has 0 spiro atoms. The summed E-state index contributed by atoms with van der Waals surface area (Å²) in [6.45, 7) is 1.78. The highest BCUT2D eigenvalue weighted by Crippen LogP contribution is 2.27. The Labute approximate surface area is 123 Å². The van der Waals surface area contributed by atoms with Crippen LogP contribution in [-0.2, 0) is 10.2 Å².